The summed E-state index contributed by atoms with van der Waals surface area (Å²) in [6.45, 7) is 1.85. The Bertz CT molecular complexity index is 667. The van der Waals surface area contributed by atoms with Gasteiger partial charge in [0.1, 0.15) is 0 Å². The van der Waals surface area contributed by atoms with Gasteiger partial charge < -0.3 is 10.4 Å². The minimum Gasteiger partial charge on any atom is -0.367 e. The number of amides is 1. The Morgan fingerprint density at radius 3 is 2.38 bits per heavy atom. The zero-order valence-corrected chi connectivity index (χ0v) is 12.1. The van der Waals surface area contributed by atoms with E-state index in [1.807, 2.05) is 13.0 Å². The summed E-state index contributed by atoms with van der Waals surface area (Å²) >= 11 is 5.73. The summed E-state index contributed by atoms with van der Waals surface area (Å²) in [6, 6.07) is 13.0. The Kier molecular flexibility index (Phi) is 4.73. The highest BCUT2D eigenvalue weighted by atomic mass is 35.5. The fraction of sp³-hybridized carbons (Fsp3) is 0.125. The van der Waals surface area contributed by atoms with Crippen molar-refractivity contribution in [2.45, 2.75) is 13.2 Å². The molecule has 0 saturated carbocycles. The van der Waals surface area contributed by atoms with E-state index in [2.05, 4.69) is 5.32 Å². The SMILES string of the molecule is Cc1cccc(C(=O)NC(O)C(=O)c2ccc(Cl)cc2)c1. The average molecular weight is 304 g/mol. The molecular weight excluding hydrogens is 290 g/mol. The molecule has 0 bridgehead atoms. The van der Waals surface area contributed by atoms with Crippen molar-refractivity contribution in [3.63, 3.8) is 0 Å². The summed E-state index contributed by atoms with van der Waals surface area (Å²) < 4.78 is 0. The molecule has 0 spiro atoms. The molecule has 2 aromatic rings. The number of halogens is 1. The molecule has 0 aliphatic carbocycles. The molecule has 1 amide bonds. The second-order valence-corrected chi connectivity index (χ2v) is 5.05. The van der Waals surface area contributed by atoms with Crippen LogP contribution in [0.3, 0.4) is 0 Å². The molecule has 4 nitrogen and oxygen atoms in total. The van der Waals surface area contributed by atoms with E-state index in [0.29, 0.717) is 10.6 Å². The van der Waals surface area contributed by atoms with E-state index < -0.39 is 17.9 Å². The van der Waals surface area contributed by atoms with Gasteiger partial charge in [-0.05, 0) is 43.3 Å². The lowest BCUT2D eigenvalue weighted by atomic mass is 10.1. The highest BCUT2D eigenvalue weighted by molar-refractivity contribution is 6.30. The molecule has 108 valence electrons. The lowest BCUT2D eigenvalue weighted by Gasteiger charge is -2.12. The summed E-state index contributed by atoms with van der Waals surface area (Å²) in [4.78, 5) is 23.9. The molecule has 2 aromatic carbocycles. The summed E-state index contributed by atoms with van der Waals surface area (Å²) in [6.07, 6.45) is -1.60. The number of carbonyl (C=O) groups excluding carboxylic acids is 2. The molecule has 0 aliphatic heterocycles. The van der Waals surface area contributed by atoms with Crippen LogP contribution in [0.5, 0.6) is 0 Å². The fourth-order valence-electron chi connectivity index (χ4n) is 1.83. The third kappa shape index (κ3) is 3.90. The average Bonchev–Trinajstić information content (AvgIpc) is 2.47. The number of carbonyl (C=O) groups is 2. The number of ketones is 1. The van der Waals surface area contributed by atoms with Gasteiger partial charge in [0, 0.05) is 16.1 Å². The third-order valence-corrected chi connectivity index (χ3v) is 3.18. The zero-order valence-electron chi connectivity index (χ0n) is 11.3. The lowest BCUT2D eigenvalue weighted by Crippen LogP contribution is -2.40. The van der Waals surface area contributed by atoms with E-state index in [9.17, 15) is 14.7 Å². The van der Waals surface area contributed by atoms with E-state index in [1.165, 1.54) is 12.1 Å². The molecule has 1 unspecified atom stereocenters. The maximum Gasteiger partial charge on any atom is 0.253 e. The number of hydrogen-bond acceptors (Lipinski definition) is 3. The van der Waals surface area contributed by atoms with Gasteiger partial charge in [-0.2, -0.15) is 0 Å². The van der Waals surface area contributed by atoms with Crippen molar-refractivity contribution in [1.82, 2.24) is 5.32 Å². The first kappa shape index (κ1) is 15.2. The van der Waals surface area contributed by atoms with Crippen molar-refractivity contribution in [3.8, 4) is 0 Å². The predicted octanol–water partition coefficient (Wildman–Crippen LogP) is 2.58. The highest BCUT2D eigenvalue weighted by Gasteiger charge is 2.20. The van der Waals surface area contributed by atoms with Crippen LogP contribution in [-0.4, -0.2) is 23.0 Å². The van der Waals surface area contributed by atoms with E-state index in [1.54, 1.807) is 30.3 Å². The molecule has 0 radical (unpaired) electrons. The van der Waals surface area contributed by atoms with Crippen molar-refractivity contribution in [3.05, 3.63) is 70.2 Å². The molecule has 1 atom stereocenters. The van der Waals surface area contributed by atoms with Crippen LogP contribution >= 0.6 is 11.6 Å². The number of rotatable bonds is 4. The number of Topliss-reactive ketones (excluding diaryl/α,β-unsaturated/α-hetero) is 1. The standard InChI is InChI=1S/C16H14ClNO3/c1-10-3-2-4-12(9-10)15(20)18-16(21)14(19)11-5-7-13(17)8-6-11/h2-9,16,21H,1H3,(H,18,20). The monoisotopic (exact) mass is 303 g/mol. The van der Waals surface area contributed by atoms with Gasteiger partial charge in [0.2, 0.25) is 5.78 Å². The summed E-state index contributed by atoms with van der Waals surface area (Å²) in [5.41, 5.74) is 1.58. The second kappa shape index (κ2) is 6.52. The van der Waals surface area contributed by atoms with Crippen molar-refractivity contribution in [2.75, 3.05) is 0 Å². The molecule has 0 fully saturated rings. The second-order valence-electron chi connectivity index (χ2n) is 4.62. The van der Waals surface area contributed by atoms with Crippen molar-refractivity contribution < 1.29 is 14.7 Å². The van der Waals surface area contributed by atoms with E-state index >= 15 is 0 Å². The quantitative estimate of drug-likeness (QED) is 0.674. The van der Waals surface area contributed by atoms with Crippen LogP contribution in [0.1, 0.15) is 26.3 Å². The number of nitrogens with one attached hydrogen (secondary N) is 1. The van der Waals surface area contributed by atoms with Crippen molar-refractivity contribution in [1.29, 1.82) is 0 Å². The maximum absolute atomic E-state index is 12.0. The first-order valence-electron chi connectivity index (χ1n) is 6.33. The third-order valence-electron chi connectivity index (χ3n) is 2.93. The molecular formula is C16H14ClNO3. The normalized spacial score (nSPS) is 11.8. The van der Waals surface area contributed by atoms with Crippen LogP contribution < -0.4 is 5.32 Å². The Morgan fingerprint density at radius 1 is 1.10 bits per heavy atom. The van der Waals surface area contributed by atoms with Crippen LogP contribution in [0.4, 0.5) is 0 Å². The molecule has 5 heteroatoms. The maximum atomic E-state index is 12.0. The van der Waals surface area contributed by atoms with Gasteiger partial charge >= 0.3 is 0 Å². The number of aryl methyl sites for hydroxylation is 1. The fourth-order valence-corrected chi connectivity index (χ4v) is 1.96. The van der Waals surface area contributed by atoms with Crippen LogP contribution in [0.25, 0.3) is 0 Å². The minimum absolute atomic E-state index is 0.274. The molecule has 0 aliphatic rings. The van der Waals surface area contributed by atoms with Gasteiger partial charge in [0.25, 0.3) is 5.91 Å². The highest BCUT2D eigenvalue weighted by Crippen LogP contribution is 2.11. The Hall–Kier alpha value is -2.17. The van der Waals surface area contributed by atoms with E-state index in [0.717, 1.165) is 5.56 Å². The number of benzene rings is 2. The van der Waals surface area contributed by atoms with Crippen LogP contribution in [0.2, 0.25) is 5.02 Å². The smallest absolute Gasteiger partial charge is 0.253 e. The minimum atomic E-state index is -1.60. The van der Waals surface area contributed by atoms with Crippen molar-refractivity contribution >= 4 is 23.3 Å². The van der Waals surface area contributed by atoms with E-state index in [4.69, 9.17) is 11.6 Å². The van der Waals surface area contributed by atoms with Crippen LogP contribution in [-0.2, 0) is 0 Å². The molecule has 2 rings (SSSR count). The van der Waals surface area contributed by atoms with Gasteiger partial charge in [0.05, 0.1) is 0 Å². The molecule has 2 N–H and O–H groups in total. The topological polar surface area (TPSA) is 66.4 Å². The Balaban J connectivity index is 2.07. The summed E-state index contributed by atoms with van der Waals surface area (Å²) in [7, 11) is 0. The molecule has 21 heavy (non-hydrogen) atoms. The number of aliphatic hydroxyl groups excluding tert-OH is 1. The molecule has 0 heterocycles. The zero-order chi connectivity index (χ0) is 15.4. The van der Waals surface area contributed by atoms with Crippen LogP contribution in [0, 0.1) is 6.92 Å². The van der Waals surface area contributed by atoms with Gasteiger partial charge in [-0.3, -0.25) is 9.59 Å². The van der Waals surface area contributed by atoms with Crippen LogP contribution in [0.15, 0.2) is 48.5 Å². The van der Waals surface area contributed by atoms with Gasteiger partial charge in [-0.1, -0.05) is 29.3 Å². The lowest BCUT2D eigenvalue weighted by molar-refractivity contribution is 0.0607. The molecule has 0 aromatic heterocycles. The van der Waals surface area contributed by atoms with E-state index in [-0.39, 0.29) is 5.56 Å². The van der Waals surface area contributed by atoms with Crippen molar-refractivity contribution in [2.24, 2.45) is 0 Å². The first-order valence-corrected chi connectivity index (χ1v) is 6.70. The largest absolute Gasteiger partial charge is 0.367 e. The summed E-state index contributed by atoms with van der Waals surface area (Å²) in [5.74, 6) is -1.10. The van der Waals surface area contributed by atoms with Gasteiger partial charge in [0.15, 0.2) is 6.23 Å². The van der Waals surface area contributed by atoms with Gasteiger partial charge in [-0.25, -0.2) is 0 Å². The predicted molar refractivity (Wildman–Crippen MR) is 80.4 cm³/mol. The molecule has 0 saturated heterocycles. The summed E-state index contributed by atoms with van der Waals surface area (Å²) in [5, 5.41) is 12.6. The van der Waals surface area contributed by atoms with Gasteiger partial charge in [-0.15, -0.1) is 0 Å². The Labute approximate surface area is 127 Å². The first-order chi connectivity index (χ1) is 9.97. The Morgan fingerprint density at radius 2 is 1.76 bits per heavy atom. The number of aliphatic hydroxyl groups is 1. The number of hydrogen-bond donors (Lipinski definition) is 2.